The van der Waals surface area contributed by atoms with Crippen LogP contribution in [-0.4, -0.2) is 19.6 Å². The van der Waals surface area contributed by atoms with Gasteiger partial charge in [-0.25, -0.2) is 4.98 Å². The topological polar surface area (TPSA) is 50.9 Å². The Morgan fingerprint density at radius 3 is 1.97 bits per heavy atom. The highest BCUT2D eigenvalue weighted by molar-refractivity contribution is 5.98. The van der Waals surface area contributed by atoms with Gasteiger partial charge in [0.25, 0.3) is 0 Å². The molecule has 9 rings (SSSR count). The highest BCUT2D eigenvalue weighted by Gasteiger charge is 2.23. The van der Waals surface area contributed by atoms with E-state index in [1.807, 2.05) is 60.8 Å². The fourth-order valence-corrected chi connectivity index (χ4v) is 7.77. The summed E-state index contributed by atoms with van der Waals surface area (Å²) in [6.45, 7) is 6.30. The van der Waals surface area contributed by atoms with Crippen molar-refractivity contribution in [3.8, 4) is 78.6 Å². The van der Waals surface area contributed by atoms with Crippen molar-refractivity contribution in [1.82, 2.24) is 14.5 Å². The van der Waals surface area contributed by atoms with E-state index >= 15 is 0 Å². The Morgan fingerprint density at radius 2 is 1.21 bits per heavy atom. The van der Waals surface area contributed by atoms with E-state index < -0.39 is 6.85 Å². The maximum atomic E-state index is 11.4. The molecule has 0 aliphatic rings. The standard InChI is InChI=1S/C54H45N3O/c1-35-18-21-38(22-19-35)40-28-29-55-48(34-40)43-32-41(37-12-7-6-8-13-37)31-42(33-43)45-15-11-16-50-52(45)56-53(46-14-9-10-17-51(46)58)57(50)49-27-20-36(2)30-47(49)39-23-25-44(26-24-39)54(3,4)5/h6-34,58H,1-5H3/i2D3. The number of hydrogen-bond donors (Lipinski definition) is 1. The molecule has 9 aromatic rings. The van der Waals surface area contributed by atoms with Crippen molar-refractivity contribution < 1.29 is 9.22 Å². The molecule has 0 saturated heterocycles. The molecule has 0 aliphatic heterocycles. The average molecular weight is 755 g/mol. The molecule has 0 atom stereocenters. The molecular weight excluding hydrogens is 707 g/mol. The lowest BCUT2D eigenvalue weighted by Crippen LogP contribution is -2.10. The SMILES string of the molecule is [2H]C([2H])([2H])c1ccc(-n2c(-c3ccccc3O)nc3c(-c4cc(-c5ccccc5)cc(-c5cc(-c6ccc(C)cc6)ccn5)c4)cccc32)c(-c2ccc(C(C)(C)C)cc2)c1. The quantitative estimate of drug-likeness (QED) is 0.176. The first-order chi connectivity index (χ1) is 29.3. The van der Waals surface area contributed by atoms with Gasteiger partial charge in [-0.3, -0.25) is 9.55 Å². The number of imidazole rings is 1. The first-order valence-corrected chi connectivity index (χ1v) is 19.6. The molecule has 1 N–H and O–H groups in total. The smallest absolute Gasteiger partial charge is 0.149 e. The first-order valence-electron chi connectivity index (χ1n) is 21.1. The summed E-state index contributed by atoms with van der Waals surface area (Å²) in [4.78, 5) is 10.3. The molecule has 0 fully saturated rings. The van der Waals surface area contributed by atoms with Crippen LogP contribution in [0, 0.1) is 13.8 Å². The normalized spacial score (nSPS) is 12.6. The number of aromatic nitrogens is 3. The summed E-state index contributed by atoms with van der Waals surface area (Å²) >= 11 is 0. The number of nitrogens with zero attached hydrogens (tertiary/aromatic N) is 3. The molecule has 0 spiro atoms. The minimum absolute atomic E-state index is 0.0610. The van der Waals surface area contributed by atoms with Crippen molar-refractivity contribution >= 4 is 11.0 Å². The van der Waals surface area contributed by atoms with E-state index in [-0.39, 0.29) is 16.7 Å². The van der Waals surface area contributed by atoms with Gasteiger partial charge in [-0.2, -0.15) is 0 Å². The largest absolute Gasteiger partial charge is 0.507 e. The van der Waals surface area contributed by atoms with Gasteiger partial charge in [-0.15, -0.1) is 0 Å². The van der Waals surface area contributed by atoms with Crippen LogP contribution in [0.25, 0.3) is 83.9 Å². The fourth-order valence-electron chi connectivity index (χ4n) is 7.77. The van der Waals surface area contributed by atoms with Gasteiger partial charge in [-0.05, 0) is 119 Å². The van der Waals surface area contributed by atoms with Crippen LogP contribution in [0.5, 0.6) is 5.75 Å². The molecule has 0 radical (unpaired) electrons. The van der Waals surface area contributed by atoms with Crippen LogP contribution in [0.2, 0.25) is 0 Å². The Bertz CT molecular complexity index is 3050. The Kier molecular flexibility index (Phi) is 8.45. The van der Waals surface area contributed by atoms with Crippen LogP contribution in [0.4, 0.5) is 0 Å². The number of benzene rings is 7. The summed E-state index contributed by atoms with van der Waals surface area (Å²) in [5, 5.41) is 11.4. The lowest BCUT2D eigenvalue weighted by molar-refractivity contribution is 0.477. The van der Waals surface area contributed by atoms with Crippen LogP contribution in [0.3, 0.4) is 0 Å². The maximum Gasteiger partial charge on any atom is 0.149 e. The van der Waals surface area contributed by atoms with Gasteiger partial charge in [0.1, 0.15) is 11.6 Å². The van der Waals surface area contributed by atoms with Gasteiger partial charge >= 0.3 is 0 Å². The first kappa shape index (κ1) is 33.1. The van der Waals surface area contributed by atoms with Crippen molar-refractivity contribution in [2.45, 2.75) is 40.0 Å². The number of aromatic hydroxyl groups is 1. The van der Waals surface area contributed by atoms with E-state index in [0.29, 0.717) is 11.4 Å². The highest BCUT2D eigenvalue weighted by atomic mass is 16.3. The third-order valence-corrected chi connectivity index (χ3v) is 10.9. The number of aryl methyl sites for hydroxylation is 2. The monoisotopic (exact) mass is 754 g/mol. The lowest BCUT2D eigenvalue weighted by Gasteiger charge is -2.20. The van der Waals surface area contributed by atoms with E-state index in [9.17, 15) is 5.11 Å². The van der Waals surface area contributed by atoms with Gasteiger partial charge in [0, 0.05) is 27.0 Å². The molecular formula is C54H45N3O. The maximum absolute atomic E-state index is 11.4. The molecule has 282 valence electrons. The second-order valence-electron chi connectivity index (χ2n) is 16.0. The molecule has 2 heterocycles. The van der Waals surface area contributed by atoms with Crippen molar-refractivity contribution in [3.05, 3.63) is 193 Å². The van der Waals surface area contributed by atoms with E-state index in [1.165, 1.54) is 11.1 Å². The molecule has 0 amide bonds. The molecule has 2 aromatic heterocycles. The minimum Gasteiger partial charge on any atom is -0.507 e. The molecule has 4 heteroatoms. The van der Waals surface area contributed by atoms with E-state index in [2.05, 4.69) is 123 Å². The molecule has 58 heavy (non-hydrogen) atoms. The van der Waals surface area contributed by atoms with Crippen molar-refractivity contribution in [1.29, 1.82) is 0 Å². The van der Waals surface area contributed by atoms with E-state index in [4.69, 9.17) is 14.1 Å². The van der Waals surface area contributed by atoms with Gasteiger partial charge in [0.05, 0.1) is 28.0 Å². The lowest BCUT2D eigenvalue weighted by atomic mass is 9.86. The number of phenolic OH excluding ortho intramolecular Hbond substituents is 1. The van der Waals surface area contributed by atoms with Gasteiger partial charge in [-0.1, -0.05) is 141 Å². The zero-order valence-corrected chi connectivity index (χ0v) is 33.0. The summed E-state index contributed by atoms with van der Waals surface area (Å²) < 4.78 is 27.1. The number of pyridine rings is 1. The van der Waals surface area contributed by atoms with Crippen LogP contribution < -0.4 is 0 Å². The van der Waals surface area contributed by atoms with Crippen molar-refractivity contribution in [2.24, 2.45) is 0 Å². The Labute approximate surface area is 345 Å². The zero-order valence-electron chi connectivity index (χ0n) is 36.0. The van der Waals surface area contributed by atoms with Gasteiger partial charge in [0.15, 0.2) is 0 Å². The summed E-state index contributed by atoms with van der Waals surface area (Å²) in [5.74, 6) is 0.616. The molecule has 0 bridgehead atoms. The van der Waals surface area contributed by atoms with Crippen LogP contribution in [0.1, 0.15) is 41.6 Å². The number of rotatable bonds is 7. The van der Waals surface area contributed by atoms with E-state index in [1.54, 1.807) is 24.3 Å². The van der Waals surface area contributed by atoms with E-state index in [0.717, 1.165) is 72.5 Å². The number of hydrogen-bond acceptors (Lipinski definition) is 3. The summed E-state index contributed by atoms with van der Waals surface area (Å²) in [6.07, 6.45) is 1.87. The fraction of sp³-hybridized carbons (Fsp3) is 0.111. The molecule has 4 nitrogen and oxygen atoms in total. The molecule has 0 unspecified atom stereocenters. The Morgan fingerprint density at radius 1 is 0.534 bits per heavy atom. The second kappa shape index (κ2) is 14.8. The van der Waals surface area contributed by atoms with Gasteiger partial charge in [0.2, 0.25) is 0 Å². The summed E-state index contributed by atoms with van der Waals surface area (Å²) in [7, 11) is 0. The Hall–Kier alpha value is -7.04. The average Bonchev–Trinajstić information content (AvgIpc) is 3.65. The molecule has 0 saturated carbocycles. The van der Waals surface area contributed by atoms with Crippen molar-refractivity contribution in [2.75, 3.05) is 0 Å². The number of phenols is 1. The predicted molar refractivity (Wildman–Crippen MR) is 241 cm³/mol. The highest BCUT2D eigenvalue weighted by Crippen LogP contribution is 2.42. The third kappa shape index (κ3) is 6.99. The van der Waals surface area contributed by atoms with Crippen LogP contribution >= 0.6 is 0 Å². The summed E-state index contributed by atoms with van der Waals surface area (Å²) in [5.41, 5.74) is 15.0. The number of fused-ring (bicyclic) bond motifs is 1. The minimum atomic E-state index is -2.32. The third-order valence-electron chi connectivity index (χ3n) is 10.9. The van der Waals surface area contributed by atoms with Crippen molar-refractivity contribution in [3.63, 3.8) is 0 Å². The van der Waals surface area contributed by atoms with Crippen LogP contribution in [0.15, 0.2) is 176 Å². The summed E-state index contributed by atoms with van der Waals surface area (Å²) in [6, 6.07) is 56.6. The number of para-hydroxylation sites is 2. The Balaban J connectivity index is 1.30. The predicted octanol–water partition coefficient (Wildman–Crippen LogP) is 14.0. The second-order valence-corrected chi connectivity index (χ2v) is 16.0. The zero-order chi connectivity index (χ0) is 42.5. The van der Waals surface area contributed by atoms with Crippen LogP contribution in [-0.2, 0) is 5.41 Å². The molecule has 7 aromatic carbocycles. The van der Waals surface area contributed by atoms with Gasteiger partial charge < -0.3 is 5.11 Å². The molecule has 0 aliphatic carbocycles.